The zero-order valence-electron chi connectivity index (χ0n) is 73.6. The summed E-state index contributed by atoms with van der Waals surface area (Å²) in [5, 5.41) is 52.7. The van der Waals surface area contributed by atoms with Gasteiger partial charge in [0, 0.05) is 83.6 Å². The van der Waals surface area contributed by atoms with E-state index in [1.54, 1.807) is 117 Å². The average Bonchev–Trinajstić information content (AvgIpc) is 1.60. The molecular formula is C87H87Cl4N39O9. The first-order valence-corrected chi connectivity index (χ1v) is 43.7. The number of benzene rings is 6. The van der Waals surface area contributed by atoms with Gasteiger partial charge in [0.05, 0.1) is 41.7 Å². The highest BCUT2D eigenvalue weighted by Crippen LogP contribution is 2.29. The van der Waals surface area contributed by atoms with Gasteiger partial charge in [0.25, 0.3) is 11.8 Å². The second kappa shape index (κ2) is 49.2. The van der Waals surface area contributed by atoms with Crippen molar-refractivity contribution in [1.82, 2.24) is 139 Å². The van der Waals surface area contributed by atoms with Crippen LogP contribution in [0.5, 0.6) is 6.01 Å². The first-order chi connectivity index (χ1) is 67.4. The van der Waals surface area contributed by atoms with Gasteiger partial charge in [0.1, 0.15) is 125 Å². The van der Waals surface area contributed by atoms with Crippen LogP contribution in [0.2, 0.25) is 21.0 Å². The summed E-state index contributed by atoms with van der Waals surface area (Å²) < 4.78 is 17.9. The number of carboxylic acid groups (broad SMARTS) is 1. The molecule has 11 heterocycles. The molecule has 2 amide bonds. The lowest BCUT2D eigenvalue weighted by atomic mass is 9.91. The molecule has 19 rings (SSSR count). The van der Waals surface area contributed by atoms with Crippen LogP contribution in [-0.2, 0) is 9.47 Å². The van der Waals surface area contributed by atoms with Crippen LogP contribution >= 0.6 is 46.4 Å². The number of hydrogen-bond donors (Lipinski definition) is 12. The van der Waals surface area contributed by atoms with Crippen molar-refractivity contribution >= 4 is 145 Å². The highest BCUT2D eigenvalue weighted by Gasteiger charge is 2.26. The zero-order chi connectivity index (χ0) is 98.1. The number of hydrogen-bond acceptors (Lipinski definition) is 39. The van der Waals surface area contributed by atoms with Crippen molar-refractivity contribution < 1.29 is 43.4 Å². The number of ether oxygens (including phenoxy) is 2. The Kier molecular flexibility index (Phi) is 35.1. The molecule has 11 aromatic heterocycles. The number of nitrogens with one attached hydrogen (secondary N) is 5. The third kappa shape index (κ3) is 28.5. The number of nitrogens with zero attached hydrogens (tertiary/aromatic N) is 28. The summed E-state index contributed by atoms with van der Waals surface area (Å²) in [4.78, 5) is 124. The summed E-state index contributed by atoms with van der Waals surface area (Å²) >= 11 is 22.6. The number of nitrogens with two attached hydrogens (primary N) is 6. The smallest absolute Gasteiger partial charge is 0.347 e. The molecule has 4 atom stereocenters. The minimum absolute atomic E-state index is 0.00144. The Morgan fingerprint density at radius 1 is 0.417 bits per heavy atom. The maximum Gasteiger partial charge on any atom is 0.347 e. The summed E-state index contributed by atoms with van der Waals surface area (Å²) in [7, 11) is 0. The molecule has 48 nitrogen and oxygen atoms in total. The molecule has 2 aliphatic carbocycles. The number of primary amides is 2. The number of carbonyl (C=O) groups excluding carboxylic acids is 4. The third-order valence-electron chi connectivity index (χ3n) is 19.9. The molecule has 139 heavy (non-hydrogen) atoms. The molecule has 0 bridgehead atoms. The van der Waals surface area contributed by atoms with E-state index < -0.39 is 29.7 Å². The summed E-state index contributed by atoms with van der Waals surface area (Å²) in [6, 6.07) is 44.6. The van der Waals surface area contributed by atoms with Crippen LogP contribution in [0.15, 0.2) is 240 Å². The lowest BCUT2D eigenvalue weighted by Gasteiger charge is -2.29. The number of carbonyl (C=O) groups is 5. The Bertz CT molecular complexity index is 6840. The monoisotopic (exact) mass is 1960 g/mol. The van der Waals surface area contributed by atoms with Gasteiger partial charge in [-0.15, -0.1) is 5.10 Å². The van der Waals surface area contributed by atoms with Gasteiger partial charge in [-0.05, 0) is 213 Å². The summed E-state index contributed by atoms with van der Waals surface area (Å²) in [5.74, 6) is -2.14. The Labute approximate surface area is 809 Å². The van der Waals surface area contributed by atoms with Crippen molar-refractivity contribution in [1.29, 1.82) is 0 Å². The molecule has 52 heteroatoms. The predicted octanol–water partition coefficient (Wildman–Crippen LogP) is 10.9. The Morgan fingerprint density at radius 2 is 0.777 bits per heavy atom. The van der Waals surface area contributed by atoms with Crippen LogP contribution in [0.25, 0.3) is 39.5 Å². The number of rotatable bonds is 24. The minimum Gasteiger partial charge on any atom is -0.477 e. The first kappa shape index (κ1) is 99.3. The molecule has 0 spiro atoms. The van der Waals surface area contributed by atoms with Crippen molar-refractivity contribution in [3.05, 3.63) is 289 Å². The van der Waals surface area contributed by atoms with Gasteiger partial charge in [-0.25, -0.2) is 92.6 Å². The average molecular weight is 1960 g/mol. The molecule has 2 aliphatic rings. The fourth-order valence-corrected chi connectivity index (χ4v) is 13.5. The van der Waals surface area contributed by atoms with Gasteiger partial charge in [0.15, 0.2) is 5.82 Å². The summed E-state index contributed by atoms with van der Waals surface area (Å²) in [6.07, 6.45) is 30.8. The molecule has 0 radical (unpaired) electrons. The number of amides is 2. The van der Waals surface area contributed by atoms with E-state index >= 15 is 0 Å². The maximum atomic E-state index is 12.0. The molecule has 17 aromatic rings. The Balaban J connectivity index is 0.000000142. The molecule has 2 saturated carbocycles. The second-order valence-electron chi connectivity index (χ2n) is 29.3. The highest BCUT2D eigenvalue weighted by molar-refractivity contribution is 6.34. The summed E-state index contributed by atoms with van der Waals surface area (Å²) in [5.41, 5.74) is 43.7. The predicted molar refractivity (Wildman–Crippen MR) is 512 cm³/mol. The van der Waals surface area contributed by atoms with Crippen LogP contribution in [0.1, 0.15) is 117 Å². The molecule has 2 fully saturated rings. The molecule has 0 aliphatic heterocycles. The minimum atomic E-state index is -1.14. The van der Waals surface area contributed by atoms with E-state index in [1.807, 2.05) is 97.1 Å². The van der Waals surface area contributed by atoms with E-state index in [9.17, 15) is 24.0 Å². The quantitative estimate of drug-likeness (QED) is 0.0116. The largest absolute Gasteiger partial charge is 0.477 e. The fraction of sp³-hybridized carbons (Fsp3) is 0.184. The standard InChI is InChI=1S/C19H14N10O2.C19H23N9O.C15H13ClN6O2.C13H9ClN6O2.C8H8N4.C7H6Cl2N2O2.C6H14N2/c20-17(30)14-9-22-19(31-29-16-4-2-1-3-15(16)26-27-29)25-18(14)24-12-5-7-13(8-6-12)28-11-21-10-23-28;20-15-3-1-2-4-16(15)26-19-23-9-14(17(21)29)18(27-19)25-12-5-7-13(8-6-12)28-11-22-10-24-28;1-2-24-14(23)12-7-18-15(16)21-13(12)20-10-3-5-11(6-4-10)22-9-17-8-19-22;14-13-16-5-10(12(21)22)11(19-13)18-8-1-3-9(4-2-8)20-7-15-6-17-20;9-7-1-3-8(4-2-7)12-6-10-5-11-12;1-2-13-6(12)4-3-10-7(9)11-5(4)8;7-5-3-1-2-4-6(5)8/h1-11H,(H2,20,30)(H,22,24,25);5-11,15-16H,1-4,20H2,(H2,21,29)(H2,23,25,26,27);3-9H,2H2,1H3,(H,18,20,21);1-7H,(H,21,22)(H,16,18,19);1-6H,9H2;3H,2H2,1H3;5-6H,1-4,7-8H2/t;15-,16+;;;;;5-,6+/m.0...../s1. The van der Waals surface area contributed by atoms with Crippen molar-refractivity contribution in [2.24, 2.45) is 28.7 Å². The number of esters is 2. The zero-order valence-corrected chi connectivity index (χ0v) is 76.6. The molecule has 712 valence electrons. The topological polar surface area (TPSA) is 663 Å². The van der Waals surface area contributed by atoms with Gasteiger partial charge in [-0.1, -0.05) is 54.3 Å². The lowest BCUT2D eigenvalue weighted by Crippen LogP contribution is -2.43. The van der Waals surface area contributed by atoms with Crippen molar-refractivity contribution in [2.75, 3.05) is 45.5 Å². The summed E-state index contributed by atoms with van der Waals surface area (Å²) in [6.45, 7) is 3.96. The molecule has 0 saturated heterocycles. The number of anilines is 10. The number of nitrogen functional groups attached to an aromatic ring is 1. The Morgan fingerprint density at radius 3 is 1.17 bits per heavy atom. The van der Waals surface area contributed by atoms with Crippen molar-refractivity contribution in [3.8, 4) is 34.4 Å². The number of halogens is 4. The van der Waals surface area contributed by atoms with Gasteiger partial charge >= 0.3 is 23.9 Å². The Hall–Kier alpha value is -17.2. The van der Waals surface area contributed by atoms with Crippen LogP contribution in [0.3, 0.4) is 0 Å². The maximum absolute atomic E-state index is 12.0. The fourth-order valence-electron chi connectivity index (χ4n) is 12.9. The van der Waals surface area contributed by atoms with Gasteiger partial charge in [-0.3, -0.25) is 9.59 Å². The number of aromatic nitrogens is 28. The second-order valence-corrected chi connectivity index (χ2v) is 30.7. The van der Waals surface area contributed by atoms with Crippen LogP contribution in [-0.4, -0.2) is 211 Å². The van der Waals surface area contributed by atoms with Crippen LogP contribution in [0, 0.1) is 0 Å². The molecule has 18 N–H and O–H groups in total. The van der Waals surface area contributed by atoms with E-state index in [4.69, 9.17) is 100 Å². The SMILES string of the molecule is CCOC(=O)c1cnc(Cl)nc1Cl.CCOC(=O)c1cnc(Cl)nc1Nc1ccc(-n2cncn2)cc1.NC(=O)c1cnc(N[C@@H]2CCCC[C@@H]2N)nc1Nc1ccc(-n2cncn2)cc1.NC(=O)c1cnc(On2nnc3ccccc32)nc1Nc1ccc(-n2cncn2)cc1.N[C@@H]1CCCC[C@@H]1N.Nc1ccc(-n2cncn2)cc1.O=C(O)c1cnc(Cl)nc1Nc1ccc(-n2cncn2)cc1. The van der Waals surface area contributed by atoms with E-state index in [1.165, 1.54) is 74.1 Å². The molecule has 0 unspecified atom stereocenters. The van der Waals surface area contributed by atoms with Crippen LogP contribution < -0.4 is 65.8 Å². The number of carboxylic acids is 1. The van der Waals surface area contributed by atoms with Gasteiger partial charge in [0.2, 0.25) is 21.8 Å². The highest BCUT2D eigenvalue weighted by atomic mass is 35.5. The van der Waals surface area contributed by atoms with Gasteiger partial charge < -0.3 is 80.4 Å². The van der Waals surface area contributed by atoms with E-state index in [0.717, 1.165) is 90.2 Å². The third-order valence-corrected chi connectivity index (χ3v) is 20.7. The molecule has 6 aromatic carbocycles. The van der Waals surface area contributed by atoms with Crippen LogP contribution in [0.4, 0.5) is 57.7 Å². The van der Waals surface area contributed by atoms with Gasteiger partial charge in [-0.2, -0.15) is 45.4 Å². The van der Waals surface area contributed by atoms with E-state index in [-0.39, 0.29) is 110 Å². The lowest BCUT2D eigenvalue weighted by molar-refractivity contribution is 0.0516. The first-order valence-electron chi connectivity index (χ1n) is 42.1. The molecular weight excluding hydrogens is 1880 g/mol. The number of para-hydroxylation sites is 1. The number of fused-ring (bicyclic) bond motifs is 1. The number of aromatic carboxylic acids is 1. The van der Waals surface area contributed by atoms with Crippen molar-refractivity contribution in [3.63, 3.8) is 0 Å². The van der Waals surface area contributed by atoms with E-state index in [0.29, 0.717) is 34.2 Å². The van der Waals surface area contributed by atoms with Crippen molar-refractivity contribution in [2.45, 2.75) is 89.4 Å². The normalized spacial score (nSPS) is 13.9. The van der Waals surface area contributed by atoms with E-state index in [2.05, 4.69) is 137 Å².